The Labute approximate surface area is 256 Å². The summed E-state index contributed by atoms with van der Waals surface area (Å²) < 4.78 is 44.9. The van der Waals surface area contributed by atoms with Crippen LogP contribution in [-0.4, -0.2) is 102 Å². The molecule has 0 aromatic heterocycles. The van der Waals surface area contributed by atoms with E-state index >= 15 is 0 Å². The van der Waals surface area contributed by atoms with Gasteiger partial charge in [0.25, 0.3) is 0 Å². The predicted octanol–water partition coefficient (Wildman–Crippen LogP) is 5.05. The van der Waals surface area contributed by atoms with Gasteiger partial charge in [-0.1, -0.05) is 65.0 Å². The van der Waals surface area contributed by atoms with Crippen LogP contribution in [0.15, 0.2) is 40.9 Å². The molecule has 0 fully saturated rings. The van der Waals surface area contributed by atoms with Crippen molar-refractivity contribution in [1.29, 1.82) is 0 Å². The highest BCUT2D eigenvalue weighted by molar-refractivity contribution is 9.10. The molecular weight excluding hydrogens is 608 g/mol. The Morgan fingerprint density at radius 1 is 0.537 bits per heavy atom. The van der Waals surface area contributed by atoms with Crippen LogP contribution in [0.3, 0.4) is 0 Å². The Kier molecular flexibility index (Phi) is 18.9. The van der Waals surface area contributed by atoms with E-state index in [2.05, 4.69) is 72.0 Å². The number of methoxy groups -OCH3 is 2. The lowest BCUT2D eigenvalue weighted by molar-refractivity contribution is 0.000534. The van der Waals surface area contributed by atoms with E-state index in [-0.39, 0.29) is 0 Å². The third-order valence-electron chi connectivity index (χ3n) is 6.20. The van der Waals surface area contributed by atoms with Crippen molar-refractivity contribution in [3.8, 4) is 11.1 Å². The number of ether oxygens (including phenoxy) is 8. The molecule has 0 N–H and O–H groups in total. The Morgan fingerprint density at radius 3 is 1.39 bits per heavy atom. The van der Waals surface area contributed by atoms with Crippen molar-refractivity contribution in [3.63, 3.8) is 0 Å². The summed E-state index contributed by atoms with van der Waals surface area (Å²) in [6, 6.07) is 13.3. The van der Waals surface area contributed by atoms with E-state index in [0.29, 0.717) is 92.5 Å². The molecular formula is C31H49BrO8Si. The molecule has 232 valence electrons. The van der Waals surface area contributed by atoms with Crippen molar-refractivity contribution >= 4 is 29.2 Å². The first-order chi connectivity index (χ1) is 19.9. The molecule has 0 saturated heterocycles. The topological polar surface area (TPSA) is 73.8 Å². The first-order valence-corrected chi connectivity index (χ1v) is 18.5. The highest BCUT2D eigenvalue weighted by atomic mass is 79.9. The fourth-order valence-electron chi connectivity index (χ4n) is 3.84. The van der Waals surface area contributed by atoms with Gasteiger partial charge in [-0.15, -0.1) is 0 Å². The van der Waals surface area contributed by atoms with Gasteiger partial charge in [-0.25, -0.2) is 0 Å². The smallest absolute Gasteiger partial charge is 0.0775 e. The zero-order chi connectivity index (χ0) is 29.8. The summed E-state index contributed by atoms with van der Waals surface area (Å²) in [7, 11) is 1.93. The van der Waals surface area contributed by atoms with E-state index in [9.17, 15) is 0 Å². The van der Waals surface area contributed by atoms with Crippen LogP contribution >= 0.6 is 15.9 Å². The minimum Gasteiger partial charge on any atom is -0.382 e. The Hall–Kier alpha value is -1.18. The molecule has 0 atom stereocenters. The maximum Gasteiger partial charge on any atom is 0.0775 e. The van der Waals surface area contributed by atoms with E-state index in [1.165, 1.54) is 10.8 Å². The standard InChI is InChI=1S/C31H49BrO8Si/c1-33-10-12-35-14-16-37-18-20-39-24-27-23-31(32)28(25-40-21-19-38-17-15-36-13-11-34-2)22-30(27)26-6-8-29(9-7-26)41(3,4)5/h6-9,22-23H,10-21,24-25H2,1-5H3. The summed E-state index contributed by atoms with van der Waals surface area (Å²) >= 11 is 3.75. The van der Waals surface area contributed by atoms with Crippen molar-refractivity contribution < 1.29 is 37.9 Å². The van der Waals surface area contributed by atoms with E-state index < -0.39 is 8.07 Å². The zero-order valence-corrected chi connectivity index (χ0v) is 28.1. The van der Waals surface area contributed by atoms with Crippen LogP contribution in [0.1, 0.15) is 11.1 Å². The fourth-order valence-corrected chi connectivity index (χ4v) is 5.51. The predicted molar refractivity (Wildman–Crippen MR) is 169 cm³/mol. The molecule has 0 unspecified atom stereocenters. The van der Waals surface area contributed by atoms with Gasteiger partial charge in [-0.3, -0.25) is 0 Å². The number of rotatable bonds is 24. The van der Waals surface area contributed by atoms with E-state index in [1.54, 1.807) is 14.2 Å². The van der Waals surface area contributed by atoms with Gasteiger partial charge in [0, 0.05) is 18.7 Å². The van der Waals surface area contributed by atoms with Crippen LogP contribution in [0, 0.1) is 0 Å². The van der Waals surface area contributed by atoms with Crippen LogP contribution in [0.5, 0.6) is 0 Å². The number of hydrogen-bond donors (Lipinski definition) is 0. The van der Waals surface area contributed by atoms with Gasteiger partial charge >= 0.3 is 0 Å². The van der Waals surface area contributed by atoms with Crippen LogP contribution in [0.2, 0.25) is 19.6 Å². The molecule has 0 saturated carbocycles. The Bertz CT molecular complexity index is 952. The molecule has 0 aliphatic heterocycles. The van der Waals surface area contributed by atoms with Crippen LogP contribution < -0.4 is 5.19 Å². The molecule has 41 heavy (non-hydrogen) atoms. The average Bonchev–Trinajstić information content (AvgIpc) is 2.95. The van der Waals surface area contributed by atoms with Gasteiger partial charge in [0.1, 0.15) is 0 Å². The van der Waals surface area contributed by atoms with Gasteiger partial charge in [-0.05, 0) is 34.4 Å². The number of hydrogen-bond acceptors (Lipinski definition) is 8. The molecule has 0 aliphatic rings. The van der Waals surface area contributed by atoms with Crippen LogP contribution in [0.4, 0.5) is 0 Å². The first kappa shape index (κ1) is 36.0. The average molecular weight is 658 g/mol. The molecule has 0 spiro atoms. The number of benzene rings is 2. The number of halogens is 1. The highest BCUT2D eigenvalue weighted by Crippen LogP contribution is 2.31. The SMILES string of the molecule is COCCOCCOCCOCc1cc(-c2ccc([Si](C)(C)C)cc2)c(COCCOCCOCCOC)cc1Br. The molecule has 0 radical (unpaired) electrons. The van der Waals surface area contributed by atoms with Crippen molar-refractivity contribution in [2.24, 2.45) is 0 Å². The lowest BCUT2D eigenvalue weighted by Crippen LogP contribution is -2.37. The molecule has 10 heteroatoms. The summed E-state index contributed by atoms with van der Waals surface area (Å²) in [5, 5.41) is 1.44. The first-order valence-electron chi connectivity index (χ1n) is 14.2. The van der Waals surface area contributed by atoms with Crippen molar-refractivity contribution in [1.82, 2.24) is 0 Å². The summed E-state index contributed by atoms with van der Waals surface area (Å²) in [4.78, 5) is 0. The van der Waals surface area contributed by atoms with Crippen LogP contribution in [0.25, 0.3) is 11.1 Å². The second-order valence-corrected chi connectivity index (χ2v) is 16.4. The lowest BCUT2D eigenvalue weighted by Gasteiger charge is -2.18. The lowest BCUT2D eigenvalue weighted by atomic mass is 9.97. The monoisotopic (exact) mass is 656 g/mol. The highest BCUT2D eigenvalue weighted by Gasteiger charge is 2.17. The summed E-state index contributed by atoms with van der Waals surface area (Å²) in [6.45, 7) is 14.6. The molecule has 2 aromatic rings. The Morgan fingerprint density at radius 2 is 0.951 bits per heavy atom. The summed E-state index contributed by atoms with van der Waals surface area (Å²) in [5.41, 5.74) is 4.50. The largest absolute Gasteiger partial charge is 0.382 e. The van der Waals surface area contributed by atoms with Gasteiger partial charge < -0.3 is 37.9 Å². The van der Waals surface area contributed by atoms with Gasteiger partial charge in [-0.2, -0.15) is 0 Å². The van der Waals surface area contributed by atoms with Crippen molar-refractivity contribution in [2.75, 3.05) is 93.5 Å². The maximum atomic E-state index is 6.00. The molecule has 8 nitrogen and oxygen atoms in total. The molecule has 2 rings (SSSR count). The van der Waals surface area contributed by atoms with Gasteiger partial charge in [0.15, 0.2) is 0 Å². The van der Waals surface area contributed by atoms with E-state index in [4.69, 9.17) is 37.9 Å². The third-order valence-corrected chi connectivity index (χ3v) is 9.00. The minimum atomic E-state index is -1.38. The van der Waals surface area contributed by atoms with Crippen molar-refractivity contribution in [3.05, 3.63) is 52.0 Å². The third kappa shape index (κ3) is 15.2. The molecule has 0 bridgehead atoms. The minimum absolute atomic E-state index is 0.482. The van der Waals surface area contributed by atoms with E-state index in [0.717, 1.165) is 21.2 Å². The molecule has 2 aromatic carbocycles. The zero-order valence-electron chi connectivity index (χ0n) is 25.5. The normalized spacial score (nSPS) is 11.9. The summed E-state index contributed by atoms with van der Waals surface area (Å²) in [6.07, 6.45) is 0. The Balaban J connectivity index is 1.93. The quantitative estimate of drug-likeness (QED) is 0.115. The molecule has 0 aliphatic carbocycles. The second kappa shape index (κ2) is 21.5. The second-order valence-electron chi connectivity index (χ2n) is 10.5. The van der Waals surface area contributed by atoms with Gasteiger partial charge in [0.05, 0.1) is 101 Å². The van der Waals surface area contributed by atoms with Crippen LogP contribution in [-0.2, 0) is 51.1 Å². The molecule has 0 amide bonds. The summed E-state index contributed by atoms with van der Waals surface area (Å²) in [5.74, 6) is 0. The maximum absolute atomic E-state index is 6.00. The molecule has 0 heterocycles. The van der Waals surface area contributed by atoms with E-state index in [1.807, 2.05) is 0 Å². The van der Waals surface area contributed by atoms with Crippen molar-refractivity contribution in [2.45, 2.75) is 32.9 Å². The van der Waals surface area contributed by atoms with Gasteiger partial charge in [0.2, 0.25) is 0 Å². The fraction of sp³-hybridized carbons (Fsp3) is 0.613.